The Bertz CT molecular complexity index is 327. The summed E-state index contributed by atoms with van der Waals surface area (Å²) < 4.78 is 0. The summed E-state index contributed by atoms with van der Waals surface area (Å²) in [5.41, 5.74) is 26.2. The van der Waals surface area contributed by atoms with Gasteiger partial charge in [0, 0.05) is 32.7 Å². The van der Waals surface area contributed by atoms with Crippen molar-refractivity contribution in [2.45, 2.75) is 6.54 Å². The van der Waals surface area contributed by atoms with E-state index in [1.165, 1.54) is 0 Å². The molecule has 0 aliphatic heterocycles. The van der Waals surface area contributed by atoms with Crippen LogP contribution in [0.5, 0.6) is 0 Å². The summed E-state index contributed by atoms with van der Waals surface area (Å²) >= 11 is 3.03. The average Bonchev–Trinajstić information content (AvgIpc) is 2.57. The number of hydrogen-bond acceptors (Lipinski definition) is 6. The molecule has 0 amide bonds. The molecule has 1 aromatic carbocycles. The molecule has 0 aliphatic carbocycles. The number of rotatable bonds is 4. The second-order valence-electron chi connectivity index (χ2n) is 3.36. The second kappa shape index (κ2) is 29.8. The molecule has 0 aliphatic rings. The minimum absolute atomic E-state index is 0. The molecule has 140 valence electrons. The molecule has 23 heavy (non-hydrogen) atoms. The first-order valence-corrected chi connectivity index (χ1v) is 7.45. The molecule has 0 atom stereocenters. The molecule has 0 saturated carbocycles. The Morgan fingerprint density at radius 1 is 0.870 bits per heavy atom. The van der Waals surface area contributed by atoms with E-state index >= 15 is 0 Å². The number of benzene rings is 1. The van der Waals surface area contributed by atoms with E-state index < -0.39 is 5.97 Å². The van der Waals surface area contributed by atoms with Crippen LogP contribution in [-0.2, 0) is 21.4 Å². The third kappa shape index (κ3) is 27.0. The molecule has 0 saturated heterocycles. The number of carboxylic acids is 1. The van der Waals surface area contributed by atoms with Crippen LogP contribution in [0.3, 0.4) is 0 Å². The molecule has 0 heterocycles. The van der Waals surface area contributed by atoms with Crippen molar-refractivity contribution in [3.8, 4) is 0 Å². The summed E-state index contributed by atoms with van der Waals surface area (Å²) in [7, 11) is 4.33. The normalized spacial score (nSPS) is 7.43. The van der Waals surface area contributed by atoms with Gasteiger partial charge >= 0.3 is 31.0 Å². The number of carbonyl (C=O) groups is 1. The summed E-state index contributed by atoms with van der Waals surface area (Å²) in [4.78, 5) is 10.4. The maximum atomic E-state index is 10.4. The van der Waals surface area contributed by atoms with Crippen molar-refractivity contribution < 1.29 is 49.6 Å². The number of halogens is 3. The van der Waals surface area contributed by atoms with Crippen molar-refractivity contribution in [2.75, 3.05) is 26.2 Å². The molecule has 0 bridgehead atoms. The third-order valence-electron chi connectivity index (χ3n) is 1.77. The Balaban J connectivity index is -0.0000000768. The van der Waals surface area contributed by atoms with Crippen molar-refractivity contribution in [3.05, 3.63) is 35.4 Å². The SMILES string of the molecule is NCCN.NCCN.NCc1ccc(C(=O)O)cc1.[Cl-].[Cl-].[Cl][Co+2]. The van der Waals surface area contributed by atoms with Crippen LogP contribution < -0.4 is 53.5 Å². The number of nitrogens with two attached hydrogens (primary N) is 5. The zero-order valence-electron chi connectivity index (χ0n) is 12.6. The Morgan fingerprint density at radius 3 is 1.35 bits per heavy atom. The fourth-order valence-corrected chi connectivity index (χ4v) is 0.783. The monoisotopic (exact) mass is 435 g/mol. The quantitative estimate of drug-likeness (QED) is 0.273. The van der Waals surface area contributed by atoms with Crippen molar-refractivity contribution in [2.24, 2.45) is 28.7 Å². The predicted molar refractivity (Wildman–Crippen MR) is 83.4 cm³/mol. The zero-order valence-corrected chi connectivity index (χ0v) is 15.9. The molecule has 0 radical (unpaired) electrons. The van der Waals surface area contributed by atoms with Crippen LogP contribution in [0.1, 0.15) is 15.9 Å². The first-order chi connectivity index (χ1) is 10.1. The molecular weight excluding hydrogens is 411 g/mol. The van der Waals surface area contributed by atoms with Crippen LogP contribution in [0, 0.1) is 0 Å². The van der Waals surface area contributed by atoms with Crippen molar-refractivity contribution in [1.29, 1.82) is 0 Å². The van der Waals surface area contributed by atoms with E-state index in [9.17, 15) is 4.79 Å². The topological polar surface area (TPSA) is 167 Å². The van der Waals surface area contributed by atoms with Gasteiger partial charge in [-0.2, -0.15) is 0 Å². The van der Waals surface area contributed by atoms with Crippen LogP contribution in [0.2, 0.25) is 0 Å². The van der Waals surface area contributed by atoms with Gasteiger partial charge in [0.15, 0.2) is 0 Å². The van der Waals surface area contributed by atoms with Gasteiger partial charge in [0.1, 0.15) is 0 Å². The van der Waals surface area contributed by atoms with Gasteiger partial charge < -0.3 is 58.6 Å². The van der Waals surface area contributed by atoms with Gasteiger partial charge in [-0.05, 0) is 17.7 Å². The molecule has 1 aromatic rings. The van der Waals surface area contributed by atoms with Crippen molar-refractivity contribution in [3.63, 3.8) is 0 Å². The van der Waals surface area contributed by atoms with Crippen LogP contribution in [0.4, 0.5) is 0 Å². The van der Waals surface area contributed by atoms with E-state index in [-0.39, 0.29) is 24.8 Å². The summed E-state index contributed by atoms with van der Waals surface area (Å²) in [5, 5.41) is 8.52. The standard InChI is InChI=1S/C8H9NO2.2C2H8N2.3ClH.Co/c9-5-6-1-3-7(4-2-6)8(10)11;2*3-1-2-4;;;;/h1-4H,5,9H2,(H,10,11);2*1-4H2;3*1H;/q;;;;;;+3/p-3. The third-order valence-corrected chi connectivity index (χ3v) is 1.77. The Labute approximate surface area is 162 Å². The van der Waals surface area contributed by atoms with E-state index in [2.05, 4.69) is 25.0 Å². The molecule has 7 nitrogen and oxygen atoms in total. The van der Waals surface area contributed by atoms with Gasteiger partial charge in [0.25, 0.3) is 0 Å². The van der Waals surface area contributed by atoms with E-state index in [0.29, 0.717) is 38.3 Å². The minimum atomic E-state index is -0.909. The predicted octanol–water partition coefficient (Wildman–Crippen LogP) is -6.65. The molecule has 11 heteroatoms. The fourth-order valence-electron chi connectivity index (χ4n) is 0.783. The first-order valence-electron chi connectivity index (χ1n) is 6.02. The summed E-state index contributed by atoms with van der Waals surface area (Å²) in [6.45, 7) is 2.83. The Kier molecular flexibility index (Phi) is 44.4. The van der Waals surface area contributed by atoms with Gasteiger partial charge in [-0.25, -0.2) is 4.79 Å². The number of hydrogen-bond donors (Lipinski definition) is 6. The zero-order chi connectivity index (χ0) is 17.1. The molecule has 0 spiro atoms. The van der Waals surface area contributed by atoms with Gasteiger partial charge in [-0.3, -0.25) is 0 Å². The summed E-state index contributed by atoms with van der Waals surface area (Å²) in [6, 6.07) is 6.52. The number of aromatic carboxylic acids is 1. The summed E-state index contributed by atoms with van der Waals surface area (Å²) in [5.74, 6) is -0.909. The molecule has 1 rings (SSSR count). The molecule has 0 aromatic heterocycles. The second-order valence-corrected chi connectivity index (χ2v) is 3.36. The molecular formula is C12H25Cl3CoN5O2. The molecule has 11 N–H and O–H groups in total. The van der Waals surface area contributed by atoms with Crippen LogP contribution >= 0.6 is 10.1 Å². The first kappa shape index (κ1) is 34.3. The molecule has 0 fully saturated rings. The van der Waals surface area contributed by atoms with Crippen LogP contribution in [0.25, 0.3) is 0 Å². The summed E-state index contributed by atoms with van der Waals surface area (Å²) in [6.07, 6.45) is 0. The van der Waals surface area contributed by atoms with Crippen molar-refractivity contribution in [1.82, 2.24) is 0 Å². The van der Waals surface area contributed by atoms with E-state index in [4.69, 9.17) is 33.8 Å². The maximum absolute atomic E-state index is 10.4. The Morgan fingerprint density at radius 2 is 1.17 bits per heavy atom. The average molecular weight is 437 g/mol. The van der Waals surface area contributed by atoms with Gasteiger partial charge in [-0.15, -0.1) is 0 Å². The van der Waals surface area contributed by atoms with E-state index in [1.807, 2.05) is 0 Å². The van der Waals surface area contributed by atoms with Gasteiger partial charge in [0.2, 0.25) is 0 Å². The number of carboxylic acid groups (broad SMARTS) is 1. The van der Waals surface area contributed by atoms with Crippen LogP contribution in [-0.4, -0.2) is 37.3 Å². The van der Waals surface area contributed by atoms with E-state index in [0.717, 1.165) is 5.56 Å². The molecule has 0 unspecified atom stereocenters. The Hall–Kier alpha value is -0.134. The van der Waals surface area contributed by atoms with Gasteiger partial charge in [-0.1, -0.05) is 12.1 Å². The van der Waals surface area contributed by atoms with Gasteiger partial charge in [0.05, 0.1) is 5.56 Å². The van der Waals surface area contributed by atoms with Crippen LogP contribution in [0.15, 0.2) is 24.3 Å². The van der Waals surface area contributed by atoms with Crippen molar-refractivity contribution >= 4 is 16.1 Å². The van der Waals surface area contributed by atoms with E-state index in [1.54, 1.807) is 24.3 Å². The fraction of sp³-hybridized carbons (Fsp3) is 0.417.